The fourth-order valence-corrected chi connectivity index (χ4v) is 5.93. The first-order chi connectivity index (χ1) is 20.8. The number of ether oxygens (including phenoxy) is 1. The molecule has 1 fully saturated rings. The van der Waals surface area contributed by atoms with Crippen LogP contribution >= 0.6 is 0 Å². The molecule has 248 valence electrons. The number of rotatable bonds is 12. The minimum Gasteiger partial charge on any atom is -0.507 e. The van der Waals surface area contributed by atoms with Crippen molar-refractivity contribution in [2.45, 2.75) is 138 Å². The highest BCUT2D eigenvalue weighted by Crippen LogP contribution is 2.42. The predicted molar refractivity (Wildman–Crippen MR) is 185 cm³/mol. The number of benzene rings is 2. The highest BCUT2D eigenvalue weighted by molar-refractivity contribution is 6.22. The second kappa shape index (κ2) is 14.4. The molecular weight excluding hydrogens is 560 g/mol. The lowest BCUT2D eigenvalue weighted by Crippen LogP contribution is -2.37. The van der Waals surface area contributed by atoms with E-state index in [2.05, 4.69) is 111 Å². The molecule has 0 amide bonds. The van der Waals surface area contributed by atoms with Crippen LogP contribution in [-0.4, -0.2) is 34.4 Å². The Morgan fingerprint density at radius 2 is 1.44 bits per heavy atom. The van der Waals surface area contributed by atoms with Crippen LogP contribution in [0.2, 0.25) is 0 Å². The van der Waals surface area contributed by atoms with Gasteiger partial charge in [0.2, 0.25) is 5.78 Å². The van der Waals surface area contributed by atoms with Crippen LogP contribution in [0.3, 0.4) is 0 Å². The van der Waals surface area contributed by atoms with Crippen LogP contribution in [0.1, 0.15) is 131 Å². The number of aromatic hydroxyl groups is 1. The van der Waals surface area contributed by atoms with Crippen molar-refractivity contribution in [3.8, 4) is 5.75 Å². The number of phenols is 1. The molecule has 1 unspecified atom stereocenters. The zero-order valence-corrected chi connectivity index (χ0v) is 29.8. The number of anilines is 1. The first-order valence-corrected chi connectivity index (χ1v) is 16.8. The Kier molecular flexibility index (Phi) is 11.6. The first kappa shape index (κ1) is 36.2. The highest BCUT2D eigenvalue weighted by Gasteiger charge is 2.36. The molecule has 1 aliphatic heterocycles. The van der Waals surface area contributed by atoms with Gasteiger partial charge in [-0.3, -0.25) is 4.79 Å². The van der Waals surface area contributed by atoms with Crippen molar-refractivity contribution in [3.63, 3.8) is 0 Å². The van der Waals surface area contributed by atoms with Gasteiger partial charge in [0.25, 0.3) is 0 Å². The van der Waals surface area contributed by atoms with Crippen molar-refractivity contribution >= 4 is 17.4 Å². The SMILES string of the molecule is CCCCCCC(C)N(Cc1ccc(CC(C)(C)C)cc1)C(Nc1cc(C(C)(C)C)c(O)c(C(C)(C)C)c1)=C1C(=O)COC1=O. The molecule has 2 aromatic carbocycles. The molecule has 3 rings (SSSR count). The molecule has 0 spiro atoms. The van der Waals surface area contributed by atoms with E-state index in [0.717, 1.165) is 54.5 Å². The van der Waals surface area contributed by atoms with Crippen LogP contribution in [0.25, 0.3) is 0 Å². The predicted octanol–water partition coefficient (Wildman–Crippen LogP) is 9.19. The number of esters is 1. The summed E-state index contributed by atoms with van der Waals surface area (Å²) in [6, 6.07) is 12.6. The van der Waals surface area contributed by atoms with Crippen LogP contribution in [0.4, 0.5) is 5.69 Å². The highest BCUT2D eigenvalue weighted by atomic mass is 16.5. The number of cyclic esters (lactones) is 1. The lowest BCUT2D eigenvalue weighted by atomic mass is 9.79. The number of phenolic OH excluding ortho intramolecular Hbond substituents is 1. The molecule has 45 heavy (non-hydrogen) atoms. The van der Waals surface area contributed by atoms with Gasteiger partial charge in [0.15, 0.2) is 6.61 Å². The van der Waals surface area contributed by atoms with Crippen LogP contribution in [-0.2, 0) is 38.1 Å². The summed E-state index contributed by atoms with van der Waals surface area (Å²) in [5.41, 5.74) is 4.28. The number of unbranched alkanes of at least 4 members (excludes halogenated alkanes) is 3. The van der Waals surface area contributed by atoms with Crippen LogP contribution < -0.4 is 5.32 Å². The van der Waals surface area contributed by atoms with Gasteiger partial charge in [0, 0.05) is 29.4 Å². The Morgan fingerprint density at radius 1 is 0.889 bits per heavy atom. The summed E-state index contributed by atoms with van der Waals surface area (Å²) in [7, 11) is 0. The number of carbonyl (C=O) groups excluding carboxylic acids is 2. The summed E-state index contributed by atoms with van der Waals surface area (Å²) in [6.07, 6.45) is 6.42. The molecule has 0 bridgehead atoms. The maximum atomic E-state index is 13.3. The number of carbonyl (C=O) groups is 2. The topological polar surface area (TPSA) is 78.9 Å². The van der Waals surface area contributed by atoms with E-state index in [9.17, 15) is 14.7 Å². The van der Waals surface area contributed by atoms with Gasteiger partial charge in [-0.25, -0.2) is 4.79 Å². The van der Waals surface area contributed by atoms with E-state index in [1.165, 1.54) is 12.0 Å². The minimum atomic E-state index is -0.600. The van der Waals surface area contributed by atoms with Crippen molar-refractivity contribution in [3.05, 3.63) is 70.0 Å². The summed E-state index contributed by atoms with van der Waals surface area (Å²) in [6.45, 7) is 23.8. The molecule has 1 saturated heterocycles. The molecule has 0 aliphatic carbocycles. The Morgan fingerprint density at radius 3 is 1.91 bits per heavy atom. The van der Waals surface area contributed by atoms with E-state index in [1.54, 1.807) is 0 Å². The number of hydrogen-bond acceptors (Lipinski definition) is 6. The zero-order chi connectivity index (χ0) is 33.7. The van der Waals surface area contributed by atoms with Crippen molar-refractivity contribution in [2.75, 3.05) is 11.9 Å². The van der Waals surface area contributed by atoms with Gasteiger partial charge in [-0.1, -0.05) is 119 Å². The van der Waals surface area contributed by atoms with Crippen LogP contribution in [0, 0.1) is 5.41 Å². The van der Waals surface area contributed by atoms with E-state index in [1.807, 2.05) is 12.1 Å². The summed E-state index contributed by atoms with van der Waals surface area (Å²) in [5.74, 6) is -0.175. The lowest BCUT2D eigenvalue weighted by Gasteiger charge is -2.35. The first-order valence-electron chi connectivity index (χ1n) is 16.8. The smallest absolute Gasteiger partial charge is 0.346 e. The molecule has 1 aliphatic rings. The third kappa shape index (κ3) is 9.85. The second-order valence-electron chi connectivity index (χ2n) is 16.1. The third-order valence-electron chi connectivity index (χ3n) is 8.45. The lowest BCUT2D eigenvalue weighted by molar-refractivity contribution is -0.135. The van der Waals surface area contributed by atoms with Crippen molar-refractivity contribution < 1.29 is 19.4 Å². The van der Waals surface area contributed by atoms with Gasteiger partial charge in [-0.05, 0) is 59.3 Å². The Bertz CT molecular complexity index is 1310. The molecule has 0 aromatic heterocycles. The molecule has 6 nitrogen and oxygen atoms in total. The number of nitrogens with zero attached hydrogens (tertiary/aromatic N) is 1. The Labute approximate surface area is 272 Å². The van der Waals surface area contributed by atoms with Crippen LogP contribution in [0.5, 0.6) is 5.75 Å². The van der Waals surface area contributed by atoms with Gasteiger partial charge in [-0.2, -0.15) is 0 Å². The fraction of sp³-hybridized carbons (Fsp3) is 0.590. The number of ketones is 1. The largest absolute Gasteiger partial charge is 0.507 e. The molecule has 1 atom stereocenters. The van der Waals surface area contributed by atoms with E-state index >= 15 is 0 Å². The van der Waals surface area contributed by atoms with E-state index < -0.39 is 5.97 Å². The summed E-state index contributed by atoms with van der Waals surface area (Å²) >= 11 is 0. The average Bonchev–Trinajstić information content (AvgIpc) is 3.25. The minimum absolute atomic E-state index is 0.0357. The van der Waals surface area contributed by atoms with E-state index in [-0.39, 0.29) is 46.0 Å². The number of nitrogens with one attached hydrogen (secondary N) is 1. The Balaban J connectivity index is 2.17. The molecule has 0 radical (unpaired) electrons. The van der Waals surface area contributed by atoms with Crippen molar-refractivity contribution in [1.82, 2.24) is 4.90 Å². The fourth-order valence-electron chi connectivity index (χ4n) is 5.93. The molecule has 0 saturated carbocycles. The van der Waals surface area contributed by atoms with Gasteiger partial charge in [-0.15, -0.1) is 0 Å². The molecule has 1 heterocycles. The van der Waals surface area contributed by atoms with Gasteiger partial charge < -0.3 is 20.1 Å². The quantitative estimate of drug-likeness (QED) is 0.0812. The maximum Gasteiger partial charge on any atom is 0.346 e. The average molecular weight is 619 g/mol. The normalized spacial score (nSPS) is 16.1. The van der Waals surface area contributed by atoms with E-state index in [4.69, 9.17) is 4.74 Å². The summed E-state index contributed by atoms with van der Waals surface area (Å²) < 4.78 is 5.27. The number of hydrogen-bond donors (Lipinski definition) is 2. The molecule has 2 N–H and O–H groups in total. The van der Waals surface area contributed by atoms with Crippen LogP contribution in [0.15, 0.2) is 47.8 Å². The monoisotopic (exact) mass is 618 g/mol. The van der Waals surface area contributed by atoms with Crippen molar-refractivity contribution in [1.29, 1.82) is 0 Å². The van der Waals surface area contributed by atoms with Crippen molar-refractivity contribution in [2.24, 2.45) is 5.41 Å². The van der Waals surface area contributed by atoms with Gasteiger partial charge in [0.05, 0.1) is 0 Å². The summed E-state index contributed by atoms with van der Waals surface area (Å²) in [4.78, 5) is 28.6. The molecule has 6 heteroatoms. The third-order valence-corrected chi connectivity index (χ3v) is 8.45. The molecular formula is C39H58N2O4. The zero-order valence-electron chi connectivity index (χ0n) is 29.8. The maximum absolute atomic E-state index is 13.3. The molecule has 2 aromatic rings. The standard InChI is InChI=1S/C39H58N2O4/c1-12-13-14-15-16-26(2)41(24-28-19-17-27(18-20-28)23-37(3,4)5)35(33-32(42)25-45-36(33)44)40-29-21-30(38(6,7)8)34(43)31(22-29)39(9,10)11/h17-22,26,40,43H,12-16,23-25H2,1-11H3. The second-order valence-corrected chi connectivity index (χ2v) is 16.1. The number of Topliss-reactive ketones (excluding diaryl/α,β-unsaturated/α-hetero) is 1. The van der Waals surface area contributed by atoms with Gasteiger partial charge >= 0.3 is 5.97 Å². The van der Waals surface area contributed by atoms with E-state index in [0.29, 0.717) is 12.4 Å². The Hall–Kier alpha value is -3.28. The summed E-state index contributed by atoms with van der Waals surface area (Å²) in [5, 5.41) is 14.9. The van der Waals surface area contributed by atoms with Gasteiger partial charge in [0.1, 0.15) is 17.1 Å².